The highest BCUT2D eigenvalue weighted by Gasteiger charge is 2.14. The average Bonchev–Trinajstić information content (AvgIpc) is 2.53. The first-order chi connectivity index (χ1) is 10.2. The number of allylic oxidation sites excluding steroid dienone is 4. The Morgan fingerprint density at radius 1 is 1.14 bits per heavy atom. The van der Waals surface area contributed by atoms with Crippen molar-refractivity contribution < 1.29 is 0 Å². The Hall–Kier alpha value is -1.80. The number of nitrogens with zero attached hydrogens (tertiary/aromatic N) is 1. The summed E-state index contributed by atoms with van der Waals surface area (Å²) in [5.41, 5.74) is 5.27. The van der Waals surface area contributed by atoms with Gasteiger partial charge >= 0.3 is 0 Å². The minimum atomic E-state index is 0.992. The van der Waals surface area contributed by atoms with Gasteiger partial charge in [0, 0.05) is 25.0 Å². The van der Waals surface area contributed by atoms with Crippen LogP contribution in [-0.2, 0) is 6.42 Å². The van der Waals surface area contributed by atoms with Crippen LogP contribution in [-0.4, -0.2) is 25.0 Å². The van der Waals surface area contributed by atoms with E-state index in [0.717, 1.165) is 32.4 Å². The van der Waals surface area contributed by atoms with E-state index in [1.165, 1.54) is 22.4 Å². The molecule has 0 atom stereocenters. The maximum Gasteiger partial charge on any atom is 0.0347 e. The van der Waals surface area contributed by atoms with Crippen LogP contribution in [0.2, 0.25) is 0 Å². The van der Waals surface area contributed by atoms with Gasteiger partial charge in [-0.3, -0.25) is 0 Å². The second kappa shape index (κ2) is 7.84. The summed E-state index contributed by atoms with van der Waals surface area (Å²) >= 11 is 0. The molecule has 112 valence electrons. The van der Waals surface area contributed by atoms with Gasteiger partial charge in [-0.2, -0.15) is 0 Å². The molecule has 1 aliphatic rings. The van der Waals surface area contributed by atoms with Crippen molar-refractivity contribution in [2.45, 2.75) is 26.2 Å². The summed E-state index contributed by atoms with van der Waals surface area (Å²) in [6.07, 6.45) is 7.70. The Balaban J connectivity index is 2.03. The van der Waals surface area contributed by atoms with E-state index >= 15 is 0 Å². The molecule has 2 rings (SSSR count). The van der Waals surface area contributed by atoms with Crippen molar-refractivity contribution in [3.8, 4) is 0 Å². The molecule has 0 saturated carbocycles. The maximum atomic E-state index is 4.23. The number of benzene rings is 1. The minimum absolute atomic E-state index is 0.992. The van der Waals surface area contributed by atoms with E-state index in [2.05, 4.69) is 66.3 Å². The summed E-state index contributed by atoms with van der Waals surface area (Å²) in [4.78, 5) is 2.37. The summed E-state index contributed by atoms with van der Waals surface area (Å²) in [6.45, 7) is 8.44. The molecular weight excluding hydrogens is 256 g/mol. The Morgan fingerprint density at radius 3 is 2.57 bits per heavy atom. The predicted molar refractivity (Wildman–Crippen MR) is 91.0 cm³/mol. The molecule has 0 unspecified atom stereocenters. The molecule has 1 aromatic carbocycles. The number of nitrogens with one attached hydrogen (secondary N) is 1. The second-order valence-corrected chi connectivity index (χ2v) is 5.45. The summed E-state index contributed by atoms with van der Waals surface area (Å²) in [5.74, 6) is 0. The number of likely N-dealkylation sites (N-methyl/N-ethyl adjacent to an activating group) is 1. The quantitative estimate of drug-likeness (QED) is 0.816. The molecule has 1 aliphatic heterocycles. The van der Waals surface area contributed by atoms with Crippen molar-refractivity contribution in [3.05, 3.63) is 71.6 Å². The van der Waals surface area contributed by atoms with Crippen LogP contribution in [0.5, 0.6) is 0 Å². The van der Waals surface area contributed by atoms with Gasteiger partial charge in [0.2, 0.25) is 0 Å². The number of hydrogen-bond donors (Lipinski definition) is 1. The molecule has 0 radical (unpaired) electrons. The zero-order chi connectivity index (χ0) is 15.1. The lowest BCUT2D eigenvalue weighted by molar-refractivity contribution is 0.436. The van der Waals surface area contributed by atoms with E-state index in [1.807, 2.05) is 7.05 Å². The molecule has 21 heavy (non-hydrogen) atoms. The van der Waals surface area contributed by atoms with E-state index < -0.39 is 0 Å². The van der Waals surface area contributed by atoms with Crippen LogP contribution in [0.1, 0.15) is 25.3 Å². The van der Waals surface area contributed by atoms with Crippen molar-refractivity contribution in [1.82, 2.24) is 10.2 Å². The van der Waals surface area contributed by atoms with Crippen LogP contribution < -0.4 is 5.32 Å². The molecule has 0 bridgehead atoms. The van der Waals surface area contributed by atoms with Gasteiger partial charge in [0.25, 0.3) is 0 Å². The van der Waals surface area contributed by atoms with Crippen molar-refractivity contribution in [2.75, 3.05) is 20.1 Å². The van der Waals surface area contributed by atoms with Gasteiger partial charge < -0.3 is 10.2 Å². The zero-order valence-electron chi connectivity index (χ0n) is 13.2. The van der Waals surface area contributed by atoms with Gasteiger partial charge in [0.1, 0.15) is 0 Å². The van der Waals surface area contributed by atoms with Gasteiger partial charge in [0.15, 0.2) is 0 Å². The van der Waals surface area contributed by atoms with E-state index in [-0.39, 0.29) is 0 Å². The largest absolute Gasteiger partial charge is 0.350 e. The van der Waals surface area contributed by atoms with E-state index in [1.54, 1.807) is 0 Å². The molecule has 0 amide bonds. The molecule has 0 saturated heterocycles. The summed E-state index contributed by atoms with van der Waals surface area (Å²) in [5, 5.41) is 3.22. The van der Waals surface area contributed by atoms with Crippen molar-refractivity contribution in [1.29, 1.82) is 0 Å². The van der Waals surface area contributed by atoms with Gasteiger partial charge in [0.05, 0.1) is 0 Å². The molecule has 0 aliphatic carbocycles. The third-order valence-corrected chi connectivity index (χ3v) is 3.92. The lowest BCUT2D eigenvalue weighted by Gasteiger charge is -2.29. The first kappa shape index (κ1) is 15.6. The van der Waals surface area contributed by atoms with Gasteiger partial charge in [-0.1, -0.05) is 43.8 Å². The van der Waals surface area contributed by atoms with E-state index in [4.69, 9.17) is 0 Å². The number of aryl methyl sites for hydroxylation is 1. The molecule has 1 aromatic rings. The Labute approximate surface area is 128 Å². The summed E-state index contributed by atoms with van der Waals surface area (Å²) in [7, 11) is 2.00. The molecule has 1 heterocycles. The summed E-state index contributed by atoms with van der Waals surface area (Å²) < 4.78 is 0. The fourth-order valence-electron chi connectivity index (χ4n) is 2.63. The Morgan fingerprint density at radius 2 is 1.90 bits per heavy atom. The molecule has 0 aromatic heterocycles. The van der Waals surface area contributed by atoms with Gasteiger partial charge in [-0.25, -0.2) is 0 Å². The number of rotatable bonds is 7. The van der Waals surface area contributed by atoms with Crippen LogP contribution in [0.25, 0.3) is 0 Å². The molecule has 0 fully saturated rings. The number of hydrogen-bond acceptors (Lipinski definition) is 2. The van der Waals surface area contributed by atoms with Gasteiger partial charge in [-0.05, 0) is 49.1 Å². The van der Waals surface area contributed by atoms with Crippen molar-refractivity contribution in [2.24, 2.45) is 0 Å². The van der Waals surface area contributed by atoms with Crippen LogP contribution in [0, 0.1) is 0 Å². The standard InChI is InChI=1S/C19H26N2/c1-4-19-14-16(2)18(15-21(19)13-12-20-3)11-10-17-8-6-5-7-9-17/h5-9,14-15,20H,2,4,10-13H2,1,3H3. The fraction of sp³-hybridized carbons (Fsp3) is 0.368. The molecule has 1 N–H and O–H groups in total. The summed E-state index contributed by atoms with van der Waals surface area (Å²) in [6, 6.07) is 10.7. The lowest BCUT2D eigenvalue weighted by Crippen LogP contribution is -2.28. The highest BCUT2D eigenvalue weighted by molar-refractivity contribution is 5.43. The van der Waals surface area contributed by atoms with E-state index in [0.29, 0.717) is 0 Å². The SMILES string of the molecule is C=C1C=C(CC)N(CCNC)C=C1CCc1ccccc1. The smallest absolute Gasteiger partial charge is 0.0347 e. The monoisotopic (exact) mass is 282 g/mol. The van der Waals surface area contributed by atoms with Gasteiger partial charge in [-0.15, -0.1) is 0 Å². The maximum absolute atomic E-state index is 4.23. The van der Waals surface area contributed by atoms with Crippen LogP contribution in [0.15, 0.2) is 66.0 Å². The van der Waals surface area contributed by atoms with Crippen LogP contribution in [0.4, 0.5) is 0 Å². The van der Waals surface area contributed by atoms with E-state index in [9.17, 15) is 0 Å². The second-order valence-electron chi connectivity index (χ2n) is 5.45. The lowest BCUT2D eigenvalue weighted by atomic mass is 9.96. The molecule has 2 nitrogen and oxygen atoms in total. The molecule has 2 heteroatoms. The third-order valence-electron chi connectivity index (χ3n) is 3.92. The van der Waals surface area contributed by atoms with Crippen LogP contribution >= 0.6 is 0 Å². The molecule has 0 spiro atoms. The predicted octanol–water partition coefficient (Wildman–Crippen LogP) is 3.89. The first-order valence-corrected chi connectivity index (χ1v) is 7.80. The highest BCUT2D eigenvalue weighted by Crippen LogP contribution is 2.27. The Kier molecular flexibility index (Phi) is 5.82. The van der Waals surface area contributed by atoms with Crippen LogP contribution in [0.3, 0.4) is 0 Å². The molecular formula is C19H26N2. The third kappa shape index (κ3) is 4.33. The Bertz CT molecular complexity index is 526. The van der Waals surface area contributed by atoms with Crippen molar-refractivity contribution >= 4 is 0 Å². The fourth-order valence-corrected chi connectivity index (χ4v) is 2.63. The normalized spacial score (nSPS) is 15.0. The first-order valence-electron chi connectivity index (χ1n) is 7.80. The zero-order valence-corrected chi connectivity index (χ0v) is 13.2. The highest BCUT2D eigenvalue weighted by atomic mass is 15.1. The topological polar surface area (TPSA) is 15.3 Å². The average molecular weight is 282 g/mol. The minimum Gasteiger partial charge on any atom is -0.350 e. The van der Waals surface area contributed by atoms with Crippen molar-refractivity contribution in [3.63, 3.8) is 0 Å².